The maximum Gasteiger partial charge on any atom is 0.323 e. The van der Waals surface area contributed by atoms with E-state index >= 15 is 0 Å². The van der Waals surface area contributed by atoms with E-state index in [1.165, 1.54) is 6.92 Å². The molecule has 134 valence electrons. The predicted octanol–water partition coefficient (Wildman–Crippen LogP) is 2.53. The quantitative estimate of drug-likeness (QED) is 0.284. The molecule has 0 aliphatic heterocycles. The van der Waals surface area contributed by atoms with Gasteiger partial charge >= 0.3 is 6.03 Å². The molecule has 0 radical (unpaired) electrons. The first-order valence-corrected chi connectivity index (χ1v) is 7.78. The highest BCUT2D eigenvalue weighted by Gasteiger charge is 2.05. The number of nitrogens with one attached hydrogen (secondary N) is 2. The molecule has 0 bridgehead atoms. The Morgan fingerprint density at radius 3 is 1.65 bits per heavy atom. The molecule has 8 heteroatoms. The Kier molecular flexibility index (Phi) is 6.05. The molecule has 0 aromatic heterocycles. The van der Waals surface area contributed by atoms with E-state index in [-0.39, 0.29) is 17.8 Å². The highest BCUT2D eigenvalue weighted by Crippen LogP contribution is 2.13. The van der Waals surface area contributed by atoms with Gasteiger partial charge in [-0.2, -0.15) is 5.10 Å². The van der Waals surface area contributed by atoms with E-state index in [4.69, 9.17) is 11.5 Å². The third-order valence-electron chi connectivity index (χ3n) is 3.43. The summed E-state index contributed by atoms with van der Waals surface area (Å²) in [4.78, 5) is 23.3. The zero-order valence-electron chi connectivity index (χ0n) is 14.5. The van der Waals surface area contributed by atoms with Gasteiger partial charge in [-0.1, -0.05) is 12.1 Å². The van der Waals surface area contributed by atoms with Crippen molar-refractivity contribution in [3.63, 3.8) is 0 Å². The normalized spacial score (nSPS) is 10.8. The number of urea groups is 1. The van der Waals surface area contributed by atoms with Crippen molar-refractivity contribution < 1.29 is 9.59 Å². The minimum absolute atomic E-state index is 0.0280. The lowest BCUT2D eigenvalue weighted by molar-refractivity contribution is 0.101. The topological polar surface area (TPSA) is 135 Å². The van der Waals surface area contributed by atoms with Crippen molar-refractivity contribution in [2.45, 2.75) is 13.8 Å². The van der Waals surface area contributed by atoms with Crippen LogP contribution in [0, 0.1) is 0 Å². The van der Waals surface area contributed by atoms with Crippen molar-refractivity contribution >= 4 is 34.9 Å². The minimum atomic E-state index is -0.390. The van der Waals surface area contributed by atoms with Crippen LogP contribution in [0.3, 0.4) is 0 Å². The van der Waals surface area contributed by atoms with Gasteiger partial charge < -0.3 is 22.1 Å². The van der Waals surface area contributed by atoms with Gasteiger partial charge in [-0.3, -0.25) is 4.79 Å². The fraction of sp³-hybridized carbons (Fsp3) is 0.111. The van der Waals surface area contributed by atoms with Crippen LogP contribution in [-0.2, 0) is 0 Å². The molecular weight excluding hydrogens is 332 g/mol. The fourth-order valence-corrected chi connectivity index (χ4v) is 2.07. The predicted molar refractivity (Wildman–Crippen MR) is 104 cm³/mol. The summed E-state index contributed by atoms with van der Waals surface area (Å²) in [7, 11) is 0. The van der Waals surface area contributed by atoms with Crippen LogP contribution in [0.2, 0.25) is 0 Å². The lowest BCUT2D eigenvalue weighted by atomic mass is 10.1. The van der Waals surface area contributed by atoms with E-state index in [9.17, 15) is 9.59 Å². The number of carbonyl (C=O) groups is 2. The first-order valence-electron chi connectivity index (χ1n) is 7.78. The van der Waals surface area contributed by atoms with Crippen molar-refractivity contribution in [2.75, 3.05) is 10.6 Å². The molecule has 0 aliphatic rings. The number of nitrogens with zero attached hydrogens (tertiary/aromatic N) is 2. The molecule has 0 saturated carbocycles. The molecule has 0 saturated heterocycles. The van der Waals surface area contributed by atoms with Crippen LogP contribution in [-0.4, -0.2) is 23.5 Å². The Labute approximate surface area is 151 Å². The van der Waals surface area contributed by atoms with Crippen molar-refractivity contribution in [1.82, 2.24) is 0 Å². The Morgan fingerprint density at radius 1 is 0.769 bits per heavy atom. The van der Waals surface area contributed by atoms with Crippen molar-refractivity contribution in [3.8, 4) is 0 Å². The maximum atomic E-state index is 12.0. The van der Waals surface area contributed by atoms with Crippen LogP contribution in [0.15, 0.2) is 58.7 Å². The zero-order chi connectivity index (χ0) is 19.1. The van der Waals surface area contributed by atoms with Crippen molar-refractivity contribution in [1.29, 1.82) is 0 Å². The second-order valence-corrected chi connectivity index (χ2v) is 5.50. The van der Waals surface area contributed by atoms with E-state index in [1.807, 2.05) is 0 Å². The molecule has 0 heterocycles. The standard InChI is InChI=1S/C18H20N6O2/c1-11(23-24-17(19)20)13-3-7-15(8-4-13)21-18(26)22-16-9-5-14(6-10-16)12(2)25/h3-10H,1-2H3,(H4,19,20,24)(H2,21,22,26)/b23-11-. The van der Waals surface area contributed by atoms with E-state index in [0.717, 1.165) is 5.56 Å². The van der Waals surface area contributed by atoms with Gasteiger partial charge in [0.15, 0.2) is 5.78 Å². The Hall–Kier alpha value is -3.68. The molecule has 2 rings (SSSR count). The zero-order valence-corrected chi connectivity index (χ0v) is 14.5. The van der Waals surface area contributed by atoms with Gasteiger partial charge in [0, 0.05) is 16.9 Å². The van der Waals surface area contributed by atoms with Crippen LogP contribution < -0.4 is 22.1 Å². The molecule has 2 aromatic carbocycles. The van der Waals surface area contributed by atoms with Crippen LogP contribution in [0.4, 0.5) is 16.2 Å². The summed E-state index contributed by atoms with van der Waals surface area (Å²) in [5.41, 5.74) is 13.7. The van der Waals surface area contributed by atoms with Crippen molar-refractivity contribution in [2.24, 2.45) is 21.7 Å². The molecule has 26 heavy (non-hydrogen) atoms. The summed E-state index contributed by atoms with van der Waals surface area (Å²) < 4.78 is 0. The molecule has 2 amide bonds. The second-order valence-electron chi connectivity index (χ2n) is 5.50. The van der Waals surface area contributed by atoms with Crippen molar-refractivity contribution in [3.05, 3.63) is 59.7 Å². The molecule has 2 aromatic rings. The molecule has 0 spiro atoms. The van der Waals surface area contributed by atoms with Gasteiger partial charge in [-0.25, -0.2) is 4.79 Å². The van der Waals surface area contributed by atoms with Gasteiger partial charge in [0.2, 0.25) is 5.96 Å². The summed E-state index contributed by atoms with van der Waals surface area (Å²) in [5.74, 6) is -0.143. The SMILES string of the molecule is CC(=O)c1ccc(NC(=O)Nc2ccc(/C(C)=N\N=C(N)N)cc2)cc1. The number of ketones is 1. The molecular formula is C18H20N6O2. The number of rotatable bonds is 5. The molecule has 0 fully saturated rings. The summed E-state index contributed by atoms with van der Waals surface area (Å²) in [6, 6.07) is 13.3. The van der Waals surface area contributed by atoms with Gasteiger partial charge in [0.05, 0.1) is 5.71 Å². The molecule has 0 atom stereocenters. The Morgan fingerprint density at radius 2 is 1.23 bits per heavy atom. The van der Waals surface area contributed by atoms with E-state index in [0.29, 0.717) is 22.6 Å². The number of hydrogen-bond donors (Lipinski definition) is 4. The van der Waals surface area contributed by atoms with Gasteiger partial charge in [0.25, 0.3) is 0 Å². The Bertz CT molecular complexity index is 850. The molecule has 8 nitrogen and oxygen atoms in total. The summed E-state index contributed by atoms with van der Waals surface area (Å²) in [6.07, 6.45) is 0. The summed E-state index contributed by atoms with van der Waals surface area (Å²) in [5, 5.41) is 12.9. The van der Waals surface area contributed by atoms with Crippen LogP contribution in [0.5, 0.6) is 0 Å². The molecule has 0 unspecified atom stereocenters. The van der Waals surface area contributed by atoms with Crippen LogP contribution in [0.1, 0.15) is 29.8 Å². The summed E-state index contributed by atoms with van der Waals surface area (Å²) in [6.45, 7) is 3.26. The van der Waals surface area contributed by atoms with Gasteiger partial charge in [-0.05, 0) is 55.8 Å². The number of benzene rings is 2. The highest BCUT2D eigenvalue weighted by molar-refractivity contribution is 6.02. The maximum absolute atomic E-state index is 12.0. The van der Waals surface area contributed by atoms with Gasteiger partial charge in [-0.15, -0.1) is 5.10 Å². The monoisotopic (exact) mass is 352 g/mol. The fourth-order valence-electron chi connectivity index (χ4n) is 2.07. The number of anilines is 2. The first-order chi connectivity index (χ1) is 12.3. The third kappa shape index (κ3) is 5.45. The third-order valence-corrected chi connectivity index (χ3v) is 3.43. The average Bonchev–Trinajstić information content (AvgIpc) is 2.60. The lowest BCUT2D eigenvalue weighted by Gasteiger charge is -2.08. The first kappa shape index (κ1) is 18.7. The van der Waals surface area contributed by atoms with Gasteiger partial charge in [0.1, 0.15) is 0 Å². The number of Topliss-reactive ketones (excluding diaryl/α,β-unsaturated/α-hetero) is 1. The Balaban J connectivity index is 1.98. The molecule has 0 aliphatic carbocycles. The minimum Gasteiger partial charge on any atom is -0.369 e. The number of nitrogens with two attached hydrogens (primary N) is 2. The number of carbonyl (C=O) groups excluding carboxylic acids is 2. The highest BCUT2D eigenvalue weighted by atomic mass is 16.2. The number of amides is 2. The van der Waals surface area contributed by atoms with E-state index in [2.05, 4.69) is 20.8 Å². The number of guanidine groups is 1. The average molecular weight is 352 g/mol. The largest absolute Gasteiger partial charge is 0.369 e. The smallest absolute Gasteiger partial charge is 0.323 e. The van der Waals surface area contributed by atoms with E-state index < -0.39 is 0 Å². The lowest BCUT2D eigenvalue weighted by Crippen LogP contribution is -2.22. The summed E-state index contributed by atoms with van der Waals surface area (Å²) >= 11 is 0. The van der Waals surface area contributed by atoms with Crippen LogP contribution in [0.25, 0.3) is 0 Å². The number of hydrogen-bond acceptors (Lipinski definition) is 4. The molecule has 6 N–H and O–H groups in total. The second kappa shape index (κ2) is 8.43. The van der Waals surface area contributed by atoms with E-state index in [1.54, 1.807) is 55.5 Å². The van der Waals surface area contributed by atoms with Crippen LogP contribution >= 0.6 is 0 Å².